The minimum Gasteiger partial charge on any atom is -0.378 e. The minimum atomic E-state index is 0.0865. The van der Waals surface area contributed by atoms with Gasteiger partial charge in [0.2, 0.25) is 5.91 Å². The lowest BCUT2D eigenvalue weighted by atomic mass is 9.87. The molecule has 3 heterocycles. The fourth-order valence-corrected chi connectivity index (χ4v) is 4.41. The van der Waals surface area contributed by atoms with Crippen molar-refractivity contribution in [3.8, 4) is 0 Å². The van der Waals surface area contributed by atoms with Crippen LogP contribution < -0.4 is 0 Å². The first kappa shape index (κ1) is 20.0. The van der Waals surface area contributed by atoms with Gasteiger partial charge >= 0.3 is 0 Å². The van der Waals surface area contributed by atoms with E-state index in [-0.39, 0.29) is 24.7 Å². The molecule has 29 heavy (non-hydrogen) atoms. The largest absolute Gasteiger partial charge is 0.378 e. The minimum absolute atomic E-state index is 0.0865. The zero-order chi connectivity index (χ0) is 20.1. The molecule has 1 amide bonds. The van der Waals surface area contributed by atoms with E-state index in [1.807, 2.05) is 47.6 Å². The Hall–Kier alpha value is -2.28. The second kappa shape index (κ2) is 9.48. The van der Waals surface area contributed by atoms with Crippen molar-refractivity contribution in [3.05, 3.63) is 66.0 Å². The van der Waals surface area contributed by atoms with Crippen LogP contribution in [0.5, 0.6) is 0 Å². The molecular formula is C23H29N3O3. The molecule has 6 heteroatoms. The molecule has 1 aromatic heterocycles. The molecule has 2 atom stereocenters. The van der Waals surface area contributed by atoms with Crippen molar-refractivity contribution < 1.29 is 14.3 Å². The van der Waals surface area contributed by atoms with Crippen LogP contribution in [0, 0.1) is 0 Å². The summed E-state index contributed by atoms with van der Waals surface area (Å²) in [6, 6.07) is 14.9. The zero-order valence-corrected chi connectivity index (χ0v) is 16.9. The molecule has 0 unspecified atom stereocenters. The lowest BCUT2D eigenvalue weighted by Crippen LogP contribution is -2.60. The Morgan fingerprint density at radius 3 is 2.52 bits per heavy atom. The molecular weight excluding hydrogens is 366 g/mol. The Morgan fingerprint density at radius 1 is 1.10 bits per heavy atom. The van der Waals surface area contributed by atoms with Crippen LogP contribution in [0.4, 0.5) is 0 Å². The number of ether oxygens (including phenoxy) is 2. The molecule has 1 aromatic carbocycles. The van der Waals surface area contributed by atoms with Gasteiger partial charge in [0.05, 0.1) is 18.8 Å². The molecule has 0 saturated carbocycles. The summed E-state index contributed by atoms with van der Waals surface area (Å²) in [6.07, 6.45) is 5.89. The summed E-state index contributed by atoms with van der Waals surface area (Å²) in [5.74, 6) is 0.0865. The molecule has 6 nitrogen and oxygen atoms in total. The van der Waals surface area contributed by atoms with E-state index in [2.05, 4.69) is 22.0 Å². The second-order valence-corrected chi connectivity index (χ2v) is 7.79. The summed E-state index contributed by atoms with van der Waals surface area (Å²) >= 11 is 0. The van der Waals surface area contributed by atoms with Gasteiger partial charge in [-0.1, -0.05) is 30.3 Å². The maximum absolute atomic E-state index is 12.5. The maximum Gasteiger partial charge on any atom is 0.248 e. The Bertz CT molecular complexity index is 778. The fourth-order valence-electron chi connectivity index (χ4n) is 4.41. The molecule has 2 aliphatic heterocycles. The third-order valence-corrected chi connectivity index (χ3v) is 6.07. The van der Waals surface area contributed by atoms with E-state index in [0.29, 0.717) is 12.6 Å². The quantitative estimate of drug-likeness (QED) is 0.722. The number of piperidine rings is 1. The molecule has 0 radical (unpaired) electrons. The molecule has 4 rings (SSSR count). The van der Waals surface area contributed by atoms with Gasteiger partial charge in [-0.05, 0) is 36.1 Å². The first-order valence-electron chi connectivity index (χ1n) is 10.3. The molecule has 2 saturated heterocycles. The van der Waals surface area contributed by atoms with Gasteiger partial charge in [-0.3, -0.25) is 14.7 Å². The first-order chi connectivity index (χ1) is 14.3. The van der Waals surface area contributed by atoms with Crippen LogP contribution in [0.1, 0.15) is 30.0 Å². The van der Waals surface area contributed by atoms with Crippen molar-refractivity contribution in [2.75, 3.05) is 33.4 Å². The van der Waals surface area contributed by atoms with Gasteiger partial charge in [-0.25, -0.2) is 0 Å². The van der Waals surface area contributed by atoms with Crippen LogP contribution in [0.25, 0.3) is 0 Å². The van der Waals surface area contributed by atoms with Gasteiger partial charge in [0.1, 0.15) is 6.61 Å². The van der Waals surface area contributed by atoms with Crippen LogP contribution >= 0.6 is 0 Å². The van der Waals surface area contributed by atoms with Crippen LogP contribution in [0.3, 0.4) is 0 Å². The Balaban J connectivity index is 1.25. The molecule has 2 fully saturated rings. The van der Waals surface area contributed by atoms with E-state index in [0.717, 1.165) is 38.0 Å². The third kappa shape index (κ3) is 4.66. The number of carbonyl (C=O) groups is 1. The number of aromatic nitrogens is 1. The highest BCUT2D eigenvalue weighted by molar-refractivity contribution is 5.77. The van der Waals surface area contributed by atoms with Crippen molar-refractivity contribution >= 4 is 5.91 Å². The van der Waals surface area contributed by atoms with Gasteiger partial charge in [0.15, 0.2) is 0 Å². The average Bonchev–Trinajstić information content (AvgIpc) is 2.75. The Kier molecular flexibility index (Phi) is 6.54. The monoisotopic (exact) mass is 395 g/mol. The summed E-state index contributed by atoms with van der Waals surface area (Å²) in [5, 5.41) is 0. The lowest BCUT2D eigenvalue weighted by Gasteiger charge is -2.53. The van der Waals surface area contributed by atoms with Crippen LogP contribution in [0.2, 0.25) is 0 Å². The number of benzene rings is 1. The molecule has 0 N–H and O–H groups in total. The van der Waals surface area contributed by atoms with Crippen molar-refractivity contribution in [3.63, 3.8) is 0 Å². The van der Waals surface area contributed by atoms with Gasteiger partial charge in [0, 0.05) is 45.2 Å². The summed E-state index contributed by atoms with van der Waals surface area (Å²) in [5.41, 5.74) is 2.34. The molecule has 2 aliphatic rings. The highest BCUT2D eigenvalue weighted by Gasteiger charge is 2.44. The van der Waals surface area contributed by atoms with E-state index >= 15 is 0 Å². The van der Waals surface area contributed by atoms with E-state index in [1.54, 1.807) is 7.11 Å². The topological polar surface area (TPSA) is 54.9 Å². The van der Waals surface area contributed by atoms with Crippen molar-refractivity contribution in [2.24, 2.45) is 0 Å². The lowest BCUT2D eigenvalue weighted by molar-refractivity contribution is -0.142. The van der Waals surface area contributed by atoms with Gasteiger partial charge in [0.25, 0.3) is 0 Å². The normalized spacial score (nSPS) is 23.0. The number of rotatable bonds is 7. The number of carbonyl (C=O) groups excluding carboxylic acids is 1. The SMILES string of the molecule is CO[C@H]1CN(C2CCN(C(=O)COCc3ccccc3)CC2)[C@H]1c1ccncc1. The van der Waals surface area contributed by atoms with E-state index in [4.69, 9.17) is 9.47 Å². The first-order valence-corrected chi connectivity index (χ1v) is 10.3. The van der Waals surface area contributed by atoms with Gasteiger partial charge < -0.3 is 14.4 Å². The molecule has 154 valence electrons. The number of nitrogens with zero attached hydrogens (tertiary/aromatic N) is 3. The number of likely N-dealkylation sites (tertiary alicyclic amines) is 2. The number of hydrogen-bond acceptors (Lipinski definition) is 5. The molecule has 0 spiro atoms. The van der Waals surface area contributed by atoms with Crippen molar-refractivity contribution in [1.29, 1.82) is 0 Å². The second-order valence-electron chi connectivity index (χ2n) is 7.79. The molecule has 0 aliphatic carbocycles. The Labute approximate surface area is 172 Å². The summed E-state index contributed by atoms with van der Waals surface area (Å²) in [7, 11) is 1.78. The number of amides is 1. The maximum atomic E-state index is 12.5. The third-order valence-electron chi connectivity index (χ3n) is 6.07. The number of methoxy groups -OCH3 is 1. The zero-order valence-electron chi connectivity index (χ0n) is 16.9. The van der Waals surface area contributed by atoms with Crippen molar-refractivity contribution in [1.82, 2.24) is 14.8 Å². The van der Waals surface area contributed by atoms with Crippen LogP contribution in [-0.2, 0) is 20.9 Å². The smallest absolute Gasteiger partial charge is 0.248 e. The van der Waals surface area contributed by atoms with E-state index in [1.165, 1.54) is 5.56 Å². The van der Waals surface area contributed by atoms with E-state index in [9.17, 15) is 4.79 Å². The van der Waals surface area contributed by atoms with Crippen molar-refractivity contribution in [2.45, 2.75) is 37.6 Å². The van der Waals surface area contributed by atoms with Gasteiger partial charge in [-0.15, -0.1) is 0 Å². The fraction of sp³-hybridized carbons (Fsp3) is 0.478. The molecule has 0 bridgehead atoms. The highest BCUT2D eigenvalue weighted by Crippen LogP contribution is 2.39. The number of pyridine rings is 1. The van der Waals surface area contributed by atoms with Crippen LogP contribution in [0.15, 0.2) is 54.9 Å². The molecule has 2 aromatic rings. The highest BCUT2D eigenvalue weighted by atomic mass is 16.5. The van der Waals surface area contributed by atoms with E-state index < -0.39 is 0 Å². The standard InChI is InChI=1S/C23H29N3O3/c1-28-21-15-26(23(21)19-7-11-24-12-8-19)20-9-13-25(14-10-20)22(27)17-29-16-18-5-3-2-4-6-18/h2-8,11-12,20-21,23H,9-10,13-17H2,1H3/t21-,23-/m0/s1. The summed E-state index contributed by atoms with van der Waals surface area (Å²) in [4.78, 5) is 21.1. The average molecular weight is 396 g/mol. The predicted molar refractivity (Wildman–Crippen MR) is 110 cm³/mol. The Morgan fingerprint density at radius 2 is 1.83 bits per heavy atom. The van der Waals surface area contributed by atoms with Gasteiger partial charge in [-0.2, -0.15) is 0 Å². The summed E-state index contributed by atoms with van der Waals surface area (Å²) < 4.78 is 11.3. The number of hydrogen-bond donors (Lipinski definition) is 0. The van der Waals surface area contributed by atoms with Crippen LogP contribution in [-0.4, -0.2) is 66.2 Å². The predicted octanol–water partition coefficient (Wildman–Crippen LogP) is 2.66. The summed E-state index contributed by atoms with van der Waals surface area (Å²) in [6.45, 7) is 3.14.